The number of methoxy groups -OCH3 is 1. The van der Waals surface area contributed by atoms with Crippen LogP contribution in [0.25, 0.3) is 22.0 Å². The minimum absolute atomic E-state index is 0.00208. The zero-order chi connectivity index (χ0) is 54.6. The summed E-state index contributed by atoms with van der Waals surface area (Å²) in [4.78, 5) is 92.1. The second-order valence-corrected chi connectivity index (χ2v) is 19.5. The van der Waals surface area contributed by atoms with E-state index in [4.69, 9.17) is 44.4 Å². The lowest BCUT2D eigenvalue weighted by molar-refractivity contribution is -0.128. The van der Waals surface area contributed by atoms with Crippen LogP contribution < -0.4 is 30.3 Å². The largest absolute Gasteiger partial charge is 0.491 e. The first-order valence-corrected chi connectivity index (χ1v) is 25.0. The van der Waals surface area contributed by atoms with E-state index in [1.807, 2.05) is 12.1 Å². The second-order valence-electron chi connectivity index (χ2n) is 19.2. The Balaban J connectivity index is 1.07. The molecule has 5 N–H and O–H groups in total. The van der Waals surface area contributed by atoms with Crippen molar-refractivity contribution in [1.29, 1.82) is 0 Å². The van der Waals surface area contributed by atoms with E-state index in [9.17, 15) is 33.9 Å². The van der Waals surface area contributed by atoms with Gasteiger partial charge in [0.1, 0.15) is 47.9 Å². The Hall–Kier alpha value is -7.14. The van der Waals surface area contributed by atoms with Gasteiger partial charge in [-0.2, -0.15) is 0 Å². The van der Waals surface area contributed by atoms with Gasteiger partial charge in [0.25, 0.3) is 5.91 Å². The Labute approximate surface area is 439 Å². The van der Waals surface area contributed by atoms with Gasteiger partial charge in [0.2, 0.25) is 11.8 Å². The van der Waals surface area contributed by atoms with Crippen LogP contribution in [0.15, 0.2) is 59.0 Å². The van der Waals surface area contributed by atoms with Gasteiger partial charge in [0.15, 0.2) is 17.2 Å². The average Bonchev–Trinajstić information content (AvgIpc) is 4.08. The molecule has 0 saturated heterocycles. The highest BCUT2D eigenvalue weighted by Crippen LogP contribution is 2.46. The summed E-state index contributed by atoms with van der Waals surface area (Å²) < 4.78 is 39.2. The first kappa shape index (κ1) is 57.1. The first-order valence-electron chi connectivity index (χ1n) is 24.5. The molecule has 1 aliphatic heterocycles. The number of aromatic amines is 1. The van der Waals surface area contributed by atoms with E-state index in [0.717, 1.165) is 10.9 Å². The van der Waals surface area contributed by atoms with Crippen molar-refractivity contribution in [2.24, 2.45) is 5.92 Å². The number of aliphatic hydroxyl groups excluding tert-OH is 1. The number of aryl methyl sites for hydroxylation is 1. The summed E-state index contributed by atoms with van der Waals surface area (Å²) in [5.41, 5.74) is 3.01. The summed E-state index contributed by atoms with van der Waals surface area (Å²) in [6, 6.07) is 13.4. The zero-order valence-corrected chi connectivity index (χ0v) is 44.5. The molecule has 0 spiro atoms. The number of alkyl halides is 1. The molecule has 22 nitrogen and oxygen atoms in total. The molecule has 1 aliphatic rings. The van der Waals surface area contributed by atoms with Gasteiger partial charge in [0.05, 0.1) is 32.1 Å². The Morgan fingerprint density at radius 2 is 1.68 bits per heavy atom. The number of oxazole rings is 1. The van der Waals surface area contributed by atoms with E-state index in [0.29, 0.717) is 58.6 Å². The fourth-order valence-corrected chi connectivity index (χ4v) is 8.24. The molecule has 75 heavy (non-hydrogen) atoms. The molecule has 0 saturated carbocycles. The van der Waals surface area contributed by atoms with Crippen LogP contribution in [-0.4, -0.2) is 158 Å². The quantitative estimate of drug-likeness (QED) is 0.0337. The van der Waals surface area contributed by atoms with Crippen LogP contribution in [0.2, 0.25) is 0 Å². The van der Waals surface area contributed by atoms with Crippen LogP contribution in [-0.2, 0) is 35.1 Å². The lowest BCUT2D eigenvalue weighted by Gasteiger charge is -2.26. The highest BCUT2D eigenvalue weighted by atomic mass is 35.5. The fourth-order valence-electron chi connectivity index (χ4n) is 7.98. The first-order chi connectivity index (χ1) is 35.7. The van der Waals surface area contributed by atoms with E-state index >= 15 is 0 Å². The number of hydrogen-bond acceptors (Lipinski definition) is 15. The van der Waals surface area contributed by atoms with Gasteiger partial charge in [-0.05, 0) is 75.6 Å². The molecule has 0 radical (unpaired) electrons. The molecule has 1 unspecified atom stereocenters. The number of aliphatic hydroxyl groups is 1. The summed E-state index contributed by atoms with van der Waals surface area (Å²) in [5.74, 6) is -0.934. The Kier molecular flexibility index (Phi) is 19.7. The third-order valence-corrected chi connectivity index (χ3v) is 12.2. The van der Waals surface area contributed by atoms with Gasteiger partial charge in [0, 0.05) is 87.3 Å². The lowest BCUT2D eigenvalue weighted by atomic mass is 10.0. The molecule has 6 rings (SSSR count). The number of hydrogen-bond donors (Lipinski definition) is 5. The maximum Gasteiger partial charge on any atom is 0.415 e. The van der Waals surface area contributed by atoms with Crippen molar-refractivity contribution in [1.82, 2.24) is 30.4 Å². The normalized spacial score (nSPS) is 14.0. The molecule has 0 bridgehead atoms. The number of nitrogens with zero attached hydrogens (tertiary/aromatic N) is 4. The van der Waals surface area contributed by atoms with E-state index in [2.05, 4.69) is 25.9 Å². The van der Waals surface area contributed by atoms with Gasteiger partial charge >= 0.3 is 18.3 Å². The smallest absolute Gasteiger partial charge is 0.415 e. The number of halogens is 1. The number of carbonyl (C=O) groups excluding carboxylic acids is 6. The van der Waals surface area contributed by atoms with E-state index < -0.39 is 47.8 Å². The van der Waals surface area contributed by atoms with E-state index in [1.54, 1.807) is 96.0 Å². The number of likely N-dealkylation sites (N-methyl/N-ethyl adjacent to an activating group) is 1. The van der Waals surface area contributed by atoms with Crippen LogP contribution >= 0.6 is 11.6 Å². The van der Waals surface area contributed by atoms with Crippen molar-refractivity contribution in [3.63, 3.8) is 0 Å². The number of ether oxygens (including phenoxy) is 6. The Bertz CT molecular complexity index is 2810. The number of aromatic nitrogens is 2. The van der Waals surface area contributed by atoms with Gasteiger partial charge in [-0.3, -0.25) is 14.4 Å². The van der Waals surface area contributed by atoms with Crippen molar-refractivity contribution in [3.8, 4) is 11.5 Å². The third-order valence-electron chi connectivity index (χ3n) is 11.8. The van der Waals surface area contributed by atoms with Crippen LogP contribution in [0.3, 0.4) is 0 Å². The van der Waals surface area contributed by atoms with E-state index in [1.165, 1.54) is 23.8 Å². The summed E-state index contributed by atoms with van der Waals surface area (Å²) in [6.07, 6.45) is -2.26. The van der Waals surface area contributed by atoms with Crippen LogP contribution in [0.1, 0.15) is 75.0 Å². The molecule has 0 fully saturated rings. The average molecular weight is 1060 g/mol. The van der Waals surface area contributed by atoms with E-state index in [-0.39, 0.29) is 87.6 Å². The SMILES string of the molecule is COCCOc1ccc2[nH]c(C(=O)N3CC(CCl)c4c3cc(OC(=O)N(CCOCCO)CCN(C)C(=O)OCc3ccc(NC(=O)[C@H](C)NC(=O)[C@@H](NC(=O)OC(C)(C)C)C(C)C)cc3)c3oc(C)nc43)cc2c1. The molecule has 23 heteroatoms. The second kappa shape index (κ2) is 25.9. The minimum atomic E-state index is -0.957. The molecule has 0 aliphatic carbocycles. The van der Waals surface area contributed by atoms with Crippen LogP contribution in [0.5, 0.6) is 11.5 Å². The summed E-state index contributed by atoms with van der Waals surface area (Å²) in [7, 11) is 3.10. The van der Waals surface area contributed by atoms with Gasteiger partial charge < -0.3 is 73.6 Å². The number of benzene rings is 3. The van der Waals surface area contributed by atoms with Crippen molar-refractivity contribution in [2.75, 3.05) is 89.5 Å². The minimum Gasteiger partial charge on any atom is -0.491 e. The molecule has 5 aromatic rings. The maximum atomic E-state index is 14.3. The van der Waals surface area contributed by atoms with Gasteiger partial charge in [-0.25, -0.2) is 19.4 Å². The standard InChI is InChI=1S/C52H67ClN8O14/c1-30(2)43(58-49(66)75-52(5,6)7)47(64)54-31(3)46(63)56-36-12-10-33(11-13-36)29-72-50(67)59(8)16-17-60(18-20-70-21-19-62)51(68)74-41-26-40-42(44-45(41)73-32(4)55-44)35(27-53)28-61(40)48(65)39-25-34-24-37(71-23-22-69-9)14-15-38(34)57-39/h10-15,24-26,30-31,35,43,57,62H,16-23,27-29H2,1-9H3,(H,54,64)(H,56,63)(H,58,66)/t31-,35?,43-/m0/s1. The molecule has 3 heterocycles. The molecular weight excluding hydrogens is 996 g/mol. The maximum absolute atomic E-state index is 14.3. The summed E-state index contributed by atoms with van der Waals surface area (Å²) in [6.45, 7) is 12.5. The molecule has 3 aromatic carbocycles. The number of fused-ring (bicyclic) bond motifs is 4. The van der Waals surface area contributed by atoms with Crippen LogP contribution in [0, 0.1) is 12.8 Å². The van der Waals surface area contributed by atoms with Crippen molar-refractivity contribution < 1.29 is 66.7 Å². The van der Waals surface area contributed by atoms with Crippen molar-refractivity contribution in [3.05, 3.63) is 77.3 Å². The number of H-pyrrole nitrogens is 1. The third kappa shape index (κ3) is 15.2. The molecule has 406 valence electrons. The number of anilines is 2. The summed E-state index contributed by atoms with van der Waals surface area (Å²) >= 11 is 6.52. The monoisotopic (exact) mass is 1060 g/mol. The van der Waals surface area contributed by atoms with Gasteiger partial charge in [-0.15, -0.1) is 11.6 Å². The lowest BCUT2D eigenvalue weighted by Crippen LogP contribution is -2.54. The highest BCUT2D eigenvalue weighted by Gasteiger charge is 2.38. The number of nitrogens with one attached hydrogen (secondary N) is 4. The molecule has 2 aromatic heterocycles. The van der Waals surface area contributed by atoms with Crippen molar-refractivity contribution >= 4 is 81.0 Å². The number of carbonyl (C=O) groups is 6. The highest BCUT2D eigenvalue weighted by molar-refractivity contribution is 6.19. The predicted octanol–water partition coefficient (Wildman–Crippen LogP) is 6.70. The topological polar surface area (TPSA) is 266 Å². The van der Waals surface area contributed by atoms with Gasteiger partial charge in [-0.1, -0.05) is 26.0 Å². The molecule has 3 atom stereocenters. The zero-order valence-electron chi connectivity index (χ0n) is 43.7. The summed E-state index contributed by atoms with van der Waals surface area (Å²) in [5, 5.41) is 18.0. The van der Waals surface area contributed by atoms with Crippen molar-refractivity contribution in [2.45, 2.75) is 78.7 Å². The number of amides is 6. The number of rotatable bonds is 23. The Morgan fingerprint density at radius 1 is 0.933 bits per heavy atom. The number of alkyl carbamates (subject to hydrolysis) is 1. The molecular formula is C52H67ClN8O14. The van der Waals surface area contributed by atoms with Crippen LogP contribution in [0.4, 0.5) is 25.8 Å². The molecule has 6 amide bonds. The Morgan fingerprint density at radius 3 is 2.36 bits per heavy atom. The fraction of sp³-hybridized carbons (Fsp3) is 0.481. The predicted molar refractivity (Wildman–Crippen MR) is 279 cm³/mol.